The van der Waals surface area contributed by atoms with Crippen molar-refractivity contribution in [3.63, 3.8) is 0 Å². The van der Waals surface area contributed by atoms with Crippen LogP contribution in [0, 0.1) is 11.8 Å². The molecule has 2 saturated heterocycles. The molecular formula is C21H38N6O2. The van der Waals surface area contributed by atoms with E-state index < -0.39 is 0 Å². The van der Waals surface area contributed by atoms with Crippen molar-refractivity contribution in [1.29, 1.82) is 0 Å². The predicted molar refractivity (Wildman–Crippen MR) is 114 cm³/mol. The topological polar surface area (TPSA) is 94.3 Å². The Morgan fingerprint density at radius 2 is 1.79 bits per heavy atom. The zero-order chi connectivity index (χ0) is 20.6. The summed E-state index contributed by atoms with van der Waals surface area (Å²) in [7, 11) is 0. The number of piperidine rings is 1. The van der Waals surface area contributed by atoms with Crippen molar-refractivity contribution >= 4 is 17.8 Å². The SMILES string of the molecule is CCNC(=NCCN1CCN(C(=O)C2CCC2)CC1)N1CCCC(CC(N)=O)C1. The number of carbonyl (C=O) groups is 2. The van der Waals surface area contributed by atoms with Gasteiger partial charge < -0.3 is 20.9 Å². The highest BCUT2D eigenvalue weighted by atomic mass is 16.2. The molecular weight excluding hydrogens is 368 g/mol. The highest BCUT2D eigenvalue weighted by Crippen LogP contribution is 2.28. The second-order valence-corrected chi connectivity index (χ2v) is 8.66. The first kappa shape index (κ1) is 21.9. The molecule has 2 heterocycles. The number of guanidine groups is 1. The van der Waals surface area contributed by atoms with Crippen molar-refractivity contribution in [2.45, 2.75) is 45.4 Å². The molecule has 1 saturated carbocycles. The summed E-state index contributed by atoms with van der Waals surface area (Å²) in [5.41, 5.74) is 5.39. The first-order valence-corrected chi connectivity index (χ1v) is 11.4. The van der Waals surface area contributed by atoms with Crippen LogP contribution < -0.4 is 11.1 Å². The van der Waals surface area contributed by atoms with Gasteiger partial charge >= 0.3 is 0 Å². The van der Waals surface area contributed by atoms with Crippen LogP contribution >= 0.6 is 0 Å². The highest BCUT2D eigenvalue weighted by molar-refractivity contribution is 5.80. The first-order valence-electron chi connectivity index (χ1n) is 11.4. The number of carbonyl (C=O) groups excluding carboxylic acids is 2. The normalized spacial score (nSPS) is 24.3. The van der Waals surface area contributed by atoms with Crippen LogP contribution in [0.2, 0.25) is 0 Å². The van der Waals surface area contributed by atoms with Gasteiger partial charge in [-0.1, -0.05) is 6.42 Å². The Hall–Kier alpha value is -1.83. The van der Waals surface area contributed by atoms with Gasteiger partial charge in [0, 0.05) is 64.7 Å². The molecule has 1 aliphatic carbocycles. The number of primary amides is 1. The summed E-state index contributed by atoms with van der Waals surface area (Å²) in [6.45, 7) is 9.97. The van der Waals surface area contributed by atoms with Gasteiger partial charge in [-0.3, -0.25) is 19.5 Å². The second-order valence-electron chi connectivity index (χ2n) is 8.66. The molecule has 0 radical (unpaired) electrons. The number of nitrogens with one attached hydrogen (secondary N) is 1. The Morgan fingerprint density at radius 3 is 2.41 bits per heavy atom. The number of nitrogens with zero attached hydrogens (tertiary/aromatic N) is 4. The molecule has 8 nitrogen and oxygen atoms in total. The monoisotopic (exact) mass is 406 g/mol. The fourth-order valence-corrected chi connectivity index (χ4v) is 4.54. The zero-order valence-corrected chi connectivity index (χ0v) is 17.9. The van der Waals surface area contributed by atoms with Crippen LogP contribution in [-0.4, -0.2) is 91.4 Å². The molecule has 2 aliphatic heterocycles. The van der Waals surface area contributed by atoms with Gasteiger partial charge in [-0.2, -0.15) is 0 Å². The van der Waals surface area contributed by atoms with Crippen LogP contribution in [0.4, 0.5) is 0 Å². The Bertz CT molecular complexity index is 584. The van der Waals surface area contributed by atoms with Gasteiger partial charge in [0.05, 0.1) is 6.54 Å². The van der Waals surface area contributed by atoms with Crippen LogP contribution in [0.25, 0.3) is 0 Å². The maximum Gasteiger partial charge on any atom is 0.225 e. The van der Waals surface area contributed by atoms with Crippen molar-refractivity contribution in [2.24, 2.45) is 22.6 Å². The number of hydrogen-bond acceptors (Lipinski definition) is 4. The lowest BCUT2D eigenvalue weighted by atomic mass is 9.84. The van der Waals surface area contributed by atoms with E-state index in [1.807, 2.05) is 0 Å². The number of likely N-dealkylation sites (tertiary alicyclic amines) is 1. The van der Waals surface area contributed by atoms with E-state index in [0.717, 1.165) is 90.5 Å². The summed E-state index contributed by atoms with van der Waals surface area (Å²) in [6, 6.07) is 0. The minimum atomic E-state index is -0.214. The predicted octanol–water partition coefficient (Wildman–Crippen LogP) is 0.484. The third-order valence-corrected chi connectivity index (χ3v) is 6.46. The van der Waals surface area contributed by atoms with Crippen molar-refractivity contribution in [2.75, 3.05) is 58.9 Å². The average Bonchev–Trinajstić information content (AvgIpc) is 2.66. The Labute approximate surface area is 174 Å². The molecule has 1 atom stereocenters. The van der Waals surface area contributed by atoms with Gasteiger partial charge in [0.2, 0.25) is 11.8 Å². The molecule has 164 valence electrons. The lowest BCUT2D eigenvalue weighted by Gasteiger charge is -2.38. The highest BCUT2D eigenvalue weighted by Gasteiger charge is 2.31. The summed E-state index contributed by atoms with van der Waals surface area (Å²) in [5.74, 6) is 1.73. The van der Waals surface area contributed by atoms with Gasteiger partial charge in [0.15, 0.2) is 5.96 Å². The number of rotatable bonds is 7. The van der Waals surface area contributed by atoms with Gasteiger partial charge in [-0.15, -0.1) is 0 Å². The van der Waals surface area contributed by atoms with E-state index in [4.69, 9.17) is 10.7 Å². The van der Waals surface area contributed by atoms with E-state index >= 15 is 0 Å². The average molecular weight is 407 g/mol. The van der Waals surface area contributed by atoms with Gasteiger partial charge in [0.1, 0.15) is 0 Å². The molecule has 3 N–H and O–H groups in total. The number of hydrogen-bond donors (Lipinski definition) is 2. The standard InChI is InChI=1S/C21H38N6O2/c1-2-23-21(27-9-4-5-17(16-27)15-19(22)28)24-8-10-25-11-13-26(14-12-25)20(29)18-6-3-7-18/h17-18H,2-16H2,1H3,(H2,22,28)(H,23,24). The van der Waals surface area contributed by atoms with Crippen LogP contribution in [0.1, 0.15) is 45.4 Å². The van der Waals surface area contributed by atoms with Crippen molar-refractivity contribution < 1.29 is 9.59 Å². The molecule has 29 heavy (non-hydrogen) atoms. The molecule has 3 rings (SSSR count). The molecule has 8 heteroatoms. The van der Waals surface area contributed by atoms with E-state index in [1.165, 1.54) is 6.42 Å². The number of aliphatic imine (C=N–C) groups is 1. The molecule has 3 fully saturated rings. The Balaban J connectivity index is 1.43. The van der Waals surface area contributed by atoms with Gasteiger partial charge in [0.25, 0.3) is 0 Å². The molecule has 1 unspecified atom stereocenters. The third-order valence-electron chi connectivity index (χ3n) is 6.46. The molecule has 0 spiro atoms. The quantitative estimate of drug-likeness (QED) is 0.474. The van der Waals surface area contributed by atoms with Crippen LogP contribution in [-0.2, 0) is 9.59 Å². The van der Waals surface area contributed by atoms with Gasteiger partial charge in [-0.25, -0.2) is 0 Å². The fraction of sp³-hybridized carbons (Fsp3) is 0.857. The van der Waals surface area contributed by atoms with Crippen molar-refractivity contribution in [3.8, 4) is 0 Å². The molecule has 2 amide bonds. The molecule has 0 aromatic rings. The van der Waals surface area contributed by atoms with E-state index in [9.17, 15) is 9.59 Å². The lowest BCUT2D eigenvalue weighted by Crippen LogP contribution is -2.51. The van der Waals surface area contributed by atoms with Gasteiger partial charge in [-0.05, 0) is 38.5 Å². The molecule has 3 aliphatic rings. The fourth-order valence-electron chi connectivity index (χ4n) is 4.54. The van der Waals surface area contributed by atoms with Crippen molar-refractivity contribution in [1.82, 2.24) is 20.0 Å². The second kappa shape index (κ2) is 10.8. The largest absolute Gasteiger partial charge is 0.370 e. The van der Waals surface area contributed by atoms with Crippen LogP contribution in [0.15, 0.2) is 4.99 Å². The Kier molecular flexibility index (Phi) is 8.15. The van der Waals surface area contributed by atoms with E-state index in [1.54, 1.807) is 0 Å². The maximum absolute atomic E-state index is 12.4. The Morgan fingerprint density at radius 1 is 1.03 bits per heavy atom. The smallest absolute Gasteiger partial charge is 0.225 e. The molecule has 0 aromatic heterocycles. The summed E-state index contributed by atoms with van der Waals surface area (Å²) in [5, 5.41) is 3.40. The maximum atomic E-state index is 12.4. The number of amides is 2. The third kappa shape index (κ3) is 6.32. The summed E-state index contributed by atoms with van der Waals surface area (Å²) in [4.78, 5) is 35.2. The van der Waals surface area contributed by atoms with Crippen LogP contribution in [0.3, 0.4) is 0 Å². The lowest BCUT2D eigenvalue weighted by molar-refractivity contribution is -0.139. The van der Waals surface area contributed by atoms with Crippen LogP contribution in [0.5, 0.6) is 0 Å². The van der Waals surface area contributed by atoms with E-state index in [2.05, 4.69) is 26.9 Å². The number of nitrogens with two attached hydrogens (primary N) is 1. The zero-order valence-electron chi connectivity index (χ0n) is 17.9. The summed E-state index contributed by atoms with van der Waals surface area (Å²) < 4.78 is 0. The molecule has 0 aromatic carbocycles. The molecule has 0 bridgehead atoms. The van der Waals surface area contributed by atoms with Crippen molar-refractivity contribution in [3.05, 3.63) is 0 Å². The minimum Gasteiger partial charge on any atom is -0.370 e. The first-order chi connectivity index (χ1) is 14.1. The van der Waals surface area contributed by atoms with E-state index in [-0.39, 0.29) is 5.91 Å². The number of piperazine rings is 1. The van der Waals surface area contributed by atoms with E-state index in [0.29, 0.717) is 24.2 Å². The minimum absolute atomic E-state index is 0.214. The summed E-state index contributed by atoms with van der Waals surface area (Å²) in [6.07, 6.45) is 5.96. The summed E-state index contributed by atoms with van der Waals surface area (Å²) >= 11 is 0.